The number of nitrogens with zero attached hydrogens (tertiary/aromatic N) is 5. The van der Waals surface area contributed by atoms with Crippen LogP contribution >= 0.6 is 11.6 Å². The maximum absolute atomic E-state index is 13.2. The molecular weight excluding hydrogens is 512 g/mol. The van der Waals surface area contributed by atoms with Gasteiger partial charge in [0.15, 0.2) is 5.78 Å². The molecule has 2 aromatic carbocycles. The summed E-state index contributed by atoms with van der Waals surface area (Å²) in [7, 11) is 3.13. The quantitative estimate of drug-likeness (QED) is 0.190. The SMILES string of the molecule is Cn1c(N2CCN(CCCNc3ccc([N+](=O)[O-])cc3C(=O)c3ccccc3Cl)CC2)cc(=O)n(C)c1=O. The molecule has 0 unspecified atom stereocenters. The van der Waals surface area contributed by atoms with Crippen molar-refractivity contribution in [2.75, 3.05) is 49.5 Å². The van der Waals surface area contributed by atoms with Crippen LogP contribution in [0.5, 0.6) is 0 Å². The van der Waals surface area contributed by atoms with Crippen LogP contribution in [0.25, 0.3) is 0 Å². The Balaban J connectivity index is 1.35. The topological polar surface area (TPSA) is 123 Å². The van der Waals surface area contributed by atoms with Gasteiger partial charge in [0.25, 0.3) is 11.2 Å². The zero-order valence-corrected chi connectivity index (χ0v) is 22.0. The first-order valence-corrected chi connectivity index (χ1v) is 12.6. The van der Waals surface area contributed by atoms with Gasteiger partial charge in [0.2, 0.25) is 0 Å². The lowest BCUT2D eigenvalue weighted by molar-refractivity contribution is -0.384. The molecule has 3 aromatic rings. The lowest BCUT2D eigenvalue weighted by Gasteiger charge is -2.36. The molecule has 1 aromatic heterocycles. The van der Waals surface area contributed by atoms with Gasteiger partial charge in [-0.05, 0) is 31.2 Å². The number of nitrogens with one attached hydrogen (secondary N) is 1. The summed E-state index contributed by atoms with van der Waals surface area (Å²) in [5.41, 5.74) is 0.147. The number of nitro benzene ring substituents is 1. The van der Waals surface area contributed by atoms with Crippen molar-refractivity contribution in [1.82, 2.24) is 14.0 Å². The number of hydrogen-bond donors (Lipinski definition) is 1. The van der Waals surface area contributed by atoms with Crippen LogP contribution < -0.4 is 21.5 Å². The predicted molar refractivity (Wildman–Crippen MR) is 147 cm³/mol. The Bertz CT molecular complexity index is 1480. The van der Waals surface area contributed by atoms with Crippen molar-refractivity contribution in [2.45, 2.75) is 6.42 Å². The van der Waals surface area contributed by atoms with Gasteiger partial charge in [0.05, 0.1) is 15.5 Å². The van der Waals surface area contributed by atoms with Crippen LogP contribution in [0, 0.1) is 10.1 Å². The molecule has 1 aliphatic heterocycles. The van der Waals surface area contributed by atoms with Crippen LogP contribution in [0.2, 0.25) is 5.02 Å². The van der Waals surface area contributed by atoms with E-state index in [0.717, 1.165) is 30.6 Å². The first-order valence-electron chi connectivity index (χ1n) is 12.2. The average Bonchev–Trinajstić information content (AvgIpc) is 2.92. The van der Waals surface area contributed by atoms with Crippen molar-refractivity contribution in [1.29, 1.82) is 0 Å². The monoisotopic (exact) mass is 540 g/mol. The average molecular weight is 541 g/mol. The number of carbonyl (C=O) groups is 1. The fourth-order valence-corrected chi connectivity index (χ4v) is 4.75. The molecule has 0 aliphatic carbocycles. The molecule has 1 saturated heterocycles. The lowest BCUT2D eigenvalue weighted by atomic mass is 10.0. The number of benzene rings is 2. The molecule has 200 valence electrons. The normalized spacial score (nSPS) is 13.9. The van der Waals surface area contributed by atoms with E-state index in [4.69, 9.17) is 11.6 Å². The van der Waals surface area contributed by atoms with Gasteiger partial charge in [-0.2, -0.15) is 0 Å². The van der Waals surface area contributed by atoms with E-state index in [2.05, 4.69) is 10.2 Å². The van der Waals surface area contributed by atoms with Crippen LogP contribution in [0.15, 0.2) is 58.1 Å². The number of non-ortho nitro benzene ring substituents is 1. The van der Waals surface area contributed by atoms with Gasteiger partial charge in [-0.15, -0.1) is 0 Å². The van der Waals surface area contributed by atoms with Crippen LogP contribution in [0.4, 0.5) is 17.2 Å². The van der Waals surface area contributed by atoms with Gasteiger partial charge in [-0.3, -0.25) is 33.7 Å². The van der Waals surface area contributed by atoms with E-state index >= 15 is 0 Å². The highest BCUT2D eigenvalue weighted by molar-refractivity contribution is 6.35. The first-order chi connectivity index (χ1) is 18.2. The molecule has 12 heteroatoms. The molecular formula is C26H29ClN6O5. The number of hydrogen-bond acceptors (Lipinski definition) is 8. The van der Waals surface area contributed by atoms with Gasteiger partial charge in [0.1, 0.15) is 5.82 Å². The summed E-state index contributed by atoms with van der Waals surface area (Å²) in [6, 6.07) is 12.3. The molecule has 0 saturated carbocycles. The number of rotatable bonds is 9. The number of aromatic nitrogens is 2. The number of anilines is 2. The van der Waals surface area contributed by atoms with Crippen molar-refractivity contribution in [3.8, 4) is 0 Å². The summed E-state index contributed by atoms with van der Waals surface area (Å²) in [6.45, 7) is 4.29. The minimum absolute atomic E-state index is 0.169. The van der Waals surface area contributed by atoms with Gasteiger partial charge < -0.3 is 10.2 Å². The summed E-state index contributed by atoms with van der Waals surface area (Å²) in [5, 5.41) is 14.8. The third-order valence-electron chi connectivity index (χ3n) is 6.74. The van der Waals surface area contributed by atoms with Crippen molar-refractivity contribution in [2.24, 2.45) is 14.1 Å². The summed E-state index contributed by atoms with van der Waals surface area (Å²) >= 11 is 6.20. The van der Waals surface area contributed by atoms with Crippen molar-refractivity contribution >= 4 is 34.6 Å². The Kier molecular flexibility index (Phi) is 8.28. The third-order valence-corrected chi connectivity index (χ3v) is 7.07. The van der Waals surface area contributed by atoms with Gasteiger partial charge in [-0.25, -0.2) is 4.79 Å². The highest BCUT2D eigenvalue weighted by Crippen LogP contribution is 2.27. The molecule has 0 amide bonds. The summed E-state index contributed by atoms with van der Waals surface area (Å²) in [5.74, 6) is 0.233. The number of nitro groups is 1. The summed E-state index contributed by atoms with van der Waals surface area (Å²) in [4.78, 5) is 52.6. The van der Waals surface area contributed by atoms with E-state index in [1.165, 1.54) is 29.8 Å². The van der Waals surface area contributed by atoms with E-state index in [0.29, 0.717) is 31.1 Å². The summed E-state index contributed by atoms with van der Waals surface area (Å²) < 4.78 is 2.58. The Morgan fingerprint density at radius 1 is 1.00 bits per heavy atom. The van der Waals surface area contributed by atoms with Gasteiger partial charge >= 0.3 is 5.69 Å². The highest BCUT2D eigenvalue weighted by atomic mass is 35.5. The van der Waals surface area contributed by atoms with Crippen LogP contribution in [-0.2, 0) is 14.1 Å². The van der Waals surface area contributed by atoms with Crippen LogP contribution in [0.3, 0.4) is 0 Å². The first kappa shape index (κ1) is 27.1. The van der Waals surface area contributed by atoms with E-state index in [-0.39, 0.29) is 38.9 Å². The highest BCUT2D eigenvalue weighted by Gasteiger charge is 2.22. The van der Waals surface area contributed by atoms with Gasteiger partial charge in [-0.1, -0.05) is 23.7 Å². The van der Waals surface area contributed by atoms with E-state index in [1.54, 1.807) is 37.4 Å². The maximum atomic E-state index is 13.2. The number of piperazine rings is 1. The fourth-order valence-electron chi connectivity index (χ4n) is 4.53. The second-order valence-corrected chi connectivity index (χ2v) is 9.55. The van der Waals surface area contributed by atoms with E-state index in [9.17, 15) is 24.5 Å². The molecule has 4 rings (SSSR count). The van der Waals surface area contributed by atoms with Crippen LogP contribution in [0.1, 0.15) is 22.3 Å². The molecule has 1 aliphatic rings. The minimum Gasteiger partial charge on any atom is -0.384 e. The van der Waals surface area contributed by atoms with Gasteiger partial charge in [0, 0.05) is 76.3 Å². The van der Waals surface area contributed by atoms with E-state index < -0.39 is 4.92 Å². The molecule has 11 nitrogen and oxygen atoms in total. The fraction of sp³-hybridized carbons (Fsp3) is 0.346. The number of ketones is 1. The second-order valence-electron chi connectivity index (χ2n) is 9.15. The summed E-state index contributed by atoms with van der Waals surface area (Å²) in [6.07, 6.45) is 0.779. The molecule has 1 fully saturated rings. The molecule has 1 N–H and O–H groups in total. The molecule has 0 radical (unpaired) electrons. The van der Waals surface area contributed by atoms with Crippen LogP contribution in [-0.4, -0.2) is 64.0 Å². The number of halogens is 1. The second kappa shape index (κ2) is 11.6. The predicted octanol–water partition coefficient (Wildman–Crippen LogP) is 2.50. The van der Waals surface area contributed by atoms with Crippen molar-refractivity contribution < 1.29 is 9.72 Å². The zero-order valence-electron chi connectivity index (χ0n) is 21.2. The Morgan fingerprint density at radius 3 is 2.39 bits per heavy atom. The molecule has 2 heterocycles. The molecule has 0 atom stereocenters. The minimum atomic E-state index is -0.530. The largest absolute Gasteiger partial charge is 0.384 e. The Morgan fingerprint density at radius 2 is 1.71 bits per heavy atom. The van der Waals surface area contributed by atoms with Crippen molar-refractivity contribution in [3.63, 3.8) is 0 Å². The molecule has 0 bridgehead atoms. The molecule has 38 heavy (non-hydrogen) atoms. The Hall–Kier alpha value is -3.96. The smallest absolute Gasteiger partial charge is 0.332 e. The zero-order chi connectivity index (χ0) is 27.4. The third kappa shape index (κ3) is 5.79. The van der Waals surface area contributed by atoms with Crippen molar-refractivity contribution in [3.05, 3.63) is 95.6 Å². The lowest BCUT2D eigenvalue weighted by Crippen LogP contribution is -2.49. The maximum Gasteiger partial charge on any atom is 0.332 e. The van der Waals surface area contributed by atoms with E-state index in [1.807, 2.05) is 4.90 Å². The Labute approximate surface area is 224 Å². The molecule has 0 spiro atoms. The number of carbonyl (C=O) groups excluding carboxylic acids is 1. The standard InChI is InChI=1S/C26H29ClN6O5/c1-29-23(17-24(34)30(2)26(29)36)32-14-12-31(13-15-32)11-5-10-28-22-9-8-18(33(37)38)16-20(22)25(35)19-6-3-4-7-21(19)27/h3-4,6-9,16-17,28H,5,10-15H2,1-2H3.